The lowest BCUT2D eigenvalue weighted by molar-refractivity contribution is -0.114. The minimum atomic E-state index is -0.113. The number of carbonyl (C=O) groups is 2. The summed E-state index contributed by atoms with van der Waals surface area (Å²) in [6.45, 7) is 2.04. The molecule has 27 heavy (non-hydrogen) atoms. The summed E-state index contributed by atoms with van der Waals surface area (Å²) >= 11 is 1.46. The molecule has 0 aliphatic heterocycles. The number of fused-ring (bicyclic) bond motifs is 1. The lowest BCUT2D eigenvalue weighted by Gasteiger charge is -2.04. The fourth-order valence-corrected chi connectivity index (χ4v) is 3.67. The molecule has 0 unspecified atom stereocenters. The van der Waals surface area contributed by atoms with E-state index in [4.69, 9.17) is 5.26 Å². The molecule has 0 saturated heterocycles. The van der Waals surface area contributed by atoms with Gasteiger partial charge in [-0.25, -0.2) is 0 Å². The second-order valence-corrected chi connectivity index (χ2v) is 7.13. The highest BCUT2D eigenvalue weighted by atomic mass is 32.2. The first-order valence-electron chi connectivity index (χ1n) is 8.57. The van der Waals surface area contributed by atoms with Gasteiger partial charge < -0.3 is 9.88 Å². The molecule has 1 aromatic heterocycles. The van der Waals surface area contributed by atoms with Crippen LogP contribution in [0.25, 0.3) is 10.9 Å². The predicted molar refractivity (Wildman–Crippen MR) is 108 cm³/mol. The molecule has 2 aromatic carbocycles. The third kappa shape index (κ3) is 4.57. The van der Waals surface area contributed by atoms with Gasteiger partial charge in [0, 0.05) is 46.7 Å². The smallest absolute Gasteiger partial charge is 0.221 e. The van der Waals surface area contributed by atoms with E-state index in [9.17, 15) is 9.59 Å². The van der Waals surface area contributed by atoms with Crippen LogP contribution >= 0.6 is 11.8 Å². The number of aromatic nitrogens is 1. The van der Waals surface area contributed by atoms with Crippen LogP contribution in [0.1, 0.15) is 23.7 Å². The minimum absolute atomic E-state index is 0.0536. The van der Waals surface area contributed by atoms with E-state index in [0.717, 1.165) is 21.5 Å². The van der Waals surface area contributed by atoms with Crippen LogP contribution in [0.4, 0.5) is 5.69 Å². The number of hydrogen-bond acceptors (Lipinski definition) is 4. The molecule has 1 N–H and O–H groups in total. The molecule has 0 atom stereocenters. The van der Waals surface area contributed by atoms with Gasteiger partial charge in [-0.1, -0.05) is 18.2 Å². The highest BCUT2D eigenvalue weighted by Crippen LogP contribution is 2.26. The normalized spacial score (nSPS) is 10.5. The maximum atomic E-state index is 12.8. The van der Waals surface area contributed by atoms with Crippen molar-refractivity contribution < 1.29 is 9.59 Å². The number of hydrogen-bond donors (Lipinski definition) is 1. The number of aryl methyl sites for hydroxylation is 1. The van der Waals surface area contributed by atoms with Gasteiger partial charge in [0.2, 0.25) is 5.91 Å². The fraction of sp³-hybridized carbons (Fsp3) is 0.190. The molecule has 0 spiro atoms. The molecule has 3 rings (SSSR count). The average molecular weight is 377 g/mol. The maximum Gasteiger partial charge on any atom is 0.221 e. The fourth-order valence-electron chi connectivity index (χ4n) is 2.89. The summed E-state index contributed by atoms with van der Waals surface area (Å²) in [6.07, 6.45) is 2.26. The number of ketones is 1. The molecule has 6 heteroatoms. The van der Waals surface area contributed by atoms with Crippen LogP contribution in [-0.4, -0.2) is 22.0 Å². The van der Waals surface area contributed by atoms with E-state index in [2.05, 4.69) is 11.4 Å². The first-order chi connectivity index (χ1) is 13.1. The Morgan fingerprint density at radius 1 is 1.15 bits per heavy atom. The highest BCUT2D eigenvalue weighted by molar-refractivity contribution is 8.00. The first kappa shape index (κ1) is 18.7. The van der Waals surface area contributed by atoms with E-state index in [0.29, 0.717) is 24.3 Å². The zero-order valence-corrected chi connectivity index (χ0v) is 15.8. The Morgan fingerprint density at radius 3 is 2.59 bits per heavy atom. The molecule has 5 nitrogen and oxygen atoms in total. The van der Waals surface area contributed by atoms with Crippen LogP contribution < -0.4 is 5.32 Å². The van der Waals surface area contributed by atoms with Crippen molar-refractivity contribution in [3.8, 4) is 6.07 Å². The Hall–Kier alpha value is -3.04. The van der Waals surface area contributed by atoms with Crippen molar-refractivity contribution in [3.05, 3.63) is 60.3 Å². The number of rotatable bonds is 7. The number of para-hydroxylation sites is 1. The summed E-state index contributed by atoms with van der Waals surface area (Å²) in [6, 6.07) is 17.3. The molecule has 0 radical (unpaired) electrons. The van der Waals surface area contributed by atoms with Gasteiger partial charge in [-0.3, -0.25) is 9.59 Å². The standard InChI is InChI=1S/C21H19N3O2S/c1-15(25)23-16-7-9-17(10-8-16)27-14-21(26)19-13-24(12-4-11-22)20-6-3-2-5-18(19)20/h2-3,5-10,13H,4,12,14H2,1H3,(H,23,25). The number of nitrogens with one attached hydrogen (secondary N) is 1. The van der Waals surface area contributed by atoms with Crippen LogP contribution in [0.15, 0.2) is 59.6 Å². The number of nitrogens with zero attached hydrogens (tertiary/aromatic N) is 2. The number of benzene rings is 2. The van der Waals surface area contributed by atoms with Crippen molar-refractivity contribution in [2.24, 2.45) is 0 Å². The average Bonchev–Trinajstić information content (AvgIpc) is 3.04. The van der Waals surface area contributed by atoms with Gasteiger partial charge in [-0.15, -0.1) is 11.8 Å². The van der Waals surface area contributed by atoms with Crippen molar-refractivity contribution in [3.63, 3.8) is 0 Å². The molecule has 3 aromatic rings. The van der Waals surface area contributed by atoms with Gasteiger partial charge >= 0.3 is 0 Å². The maximum absolute atomic E-state index is 12.8. The number of carbonyl (C=O) groups excluding carboxylic acids is 2. The van der Waals surface area contributed by atoms with Crippen molar-refractivity contribution in [2.75, 3.05) is 11.1 Å². The number of Topliss-reactive ketones (excluding diaryl/α,β-unsaturated/α-hetero) is 1. The topological polar surface area (TPSA) is 74.9 Å². The number of thioether (sulfide) groups is 1. The summed E-state index contributed by atoms with van der Waals surface area (Å²) in [5.41, 5.74) is 2.39. The van der Waals surface area contributed by atoms with Crippen LogP contribution in [0.2, 0.25) is 0 Å². The first-order valence-corrected chi connectivity index (χ1v) is 9.55. The summed E-state index contributed by atoms with van der Waals surface area (Å²) < 4.78 is 1.97. The van der Waals surface area contributed by atoms with Crippen LogP contribution in [0.3, 0.4) is 0 Å². The van der Waals surface area contributed by atoms with Crippen molar-refractivity contribution in [1.29, 1.82) is 5.26 Å². The quantitative estimate of drug-likeness (QED) is 0.486. The van der Waals surface area contributed by atoms with E-state index >= 15 is 0 Å². The Morgan fingerprint density at radius 2 is 1.89 bits per heavy atom. The molecule has 1 amide bonds. The largest absolute Gasteiger partial charge is 0.346 e. The van der Waals surface area contributed by atoms with Crippen molar-refractivity contribution in [2.45, 2.75) is 24.8 Å². The number of anilines is 1. The molecular formula is C21H19N3O2S. The Balaban J connectivity index is 1.73. The molecule has 0 fully saturated rings. The Bertz CT molecular complexity index is 1020. The van der Waals surface area contributed by atoms with E-state index < -0.39 is 0 Å². The van der Waals surface area contributed by atoms with Gasteiger partial charge in [-0.2, -0.15) is 5.26 Å². The SMILES string of the molecule is CC(=O)Nc1ccc(SCC(=O)c2cn(CCC#N)c3ccccc23)cc1. The van der Waals surface area contributed by atoms with Gasteiger partial charge in [0.15, 0.2) is 5.78 Å². The van der Waals surface area contributed by atoms with E-state index in [1.165, 1.54) is 18.7 Å². The van der Waals surface area contributed by atoms with Gasteiger partial charge in [-0.05, 0) is 30.3 Å². The molecular weight excluding hydrogens is 358 g/mol. The molecule has 136 valence electrons. The lowest BCUT2D eigenvalue weighted by Crippen LogP contribution is -2.05. The van der Waals surface area contributed by atoms with Crippen LogP contribution in [-0.2, 0) is 11.3 Å². The highest BCUT2D eigenvalue weighted by Gasteiger charge is 2.15. The predicted octanol–water partition coefficient (Wildman–Crippen LogP) is 4.49. The van der Waals surface area contributed by atoms with E-state index in [1.54, 1.807) is 0 Å². The van der Waals surface area contributed by atoms with Gasteiger partial charge in [0.25, 0.3) is 0 Å². The summed E-state index contributed by atoms with van der Waals surface area (Å²) in [5, 5.41) is 12.5. The third-order valence-corrected chi connectivity index (χ3v) is 5.11. The lowest BCUT2D eigenvalue weighted by atomic mass is 10.1. The summed E-state index contributed by atoms with van der Waals surface area (Å²) in [4.78, 5) is 24.8. The van der Waals surface area contributed by atoms with Gasteiger partial charge in [0.1, 0.15) is 0 Å². The number of amides is 1. The molecule has 0 aliphatic carbocycles. The van der Waals surface area contributed by atoms with E-state index in [1.807, 2.05) is 59.3 Å². The number of nitriles is 1. The summed E-state index contributed by atoms with van der Waals surface area (Å²) in [5.74, 6) is 0.266. The van der Waals surface area contributed by atoms with E-state index in [-0.39, 0.29) is 11.7 Å². The van der Waals surface area contributed by atoms with Crippen molar-refractivity contribution in [1.82, 2.24) is 4.57 Å². The zero-order chi connectivity index (χ0) is 19.2. The molecule has 0 bridgehead atoms. The second kappa shape index (κ2) is 8.56. The Kier molecular flexibility index (Phi) is 5.94. The van der Waals surface area contributed by atoms with Crippen LogP contribution in [0.5, 0.6) is 0 Å². The zero-order valence-electron chi connectivity index (χ0n) is 14.9. The molecule has 0 saturated carbocycles. The third-order valence-electron chi connectivity index (χ3n) is 4.10. The van der Waals surface area contributed by atoms with Crippen molar-refractivity contribution >= 4 is 40.0 Å². The minimum Gasteiger partial charge on any atom is -0.346 e. The Labute approximate surface area is 162 Å². The van der Waals surface area contributed by atoms with Crippen LogP contribution in [0, 0.1) is 11.3 Å². The van der Waals surface area contributed by atoms with Gasteiger partial charge in [0.05, 0.1) is 18.2 Å². The molecule has 1 heterocycles. The summed E-state index contributed by atoms with van der Waals surface area (Å²) in [7, 11) is 0. The molecule has 0 aliphatic rings. The monoisotopic (exact) mass is 377 g/mol. The second-order valence-electron chi connectivity index (χ2n) is 6.08.